The van der Waals surface area contributed by atoms with E-state index >= 15 is 0 Å². The maximum absolute atomic E-state index is 13.7. The molecule has 1 aliphatic carbocycles. The van der Waals surface area contributed by atoms with Gasteiger partial charge in [0.25, 0.3) is 0 Å². The molecular weight excluding hydrogens is 563 g/mol. The van der Waals surface area contributed by atoms with Crippen LogP contribution in [-0.2, 0) is 15.8 Å². The van der Waals surface area contributed by atoms with Gasteiger partial charge in [-0.15, -0.1) is 0 Å². The molecule has 3 aliphatic rings. The van der Waals surface area contributed by atoms with Gasteiger partial charge in [-0.3, -0.25) is 29.3 Å². The molecule has 1 fully saturated rings. The number of allylic oxidation sites excluding steroid dienone is 1. The van der Waals surface area contributed by atoms with Crippen LogP contribution in [0, 0.1) is 11.8 Å². The Morgan fingerprint density at radius 3 is 2.39 bits per heavy atom. The average molecular weight is 582 g/mol. The van der Waals surface area contributed by atoms with Gasteiger partial charge in [0.2, 0.25) is 11.8 Å². The van der Waals surface area contributed by atoms with Crippen molar-refractivity contribution in [2.75, 3.05) is 18.4 Å². The third kappa shape index (κ3) is 4.34. The predicted octanol–water partition coefficient (Wildman–Crippen LogP) is 4.52. The summed E-state index contributed by atoms with van der Waals surface area (Å²) in [6, 6.07) is 11.4. The van der Waals surface area contributed by atoms with Gasteiger partial charge in [-0.05, 0) is 18.2 Å². The number of benzene rings is 1. The number of pyridine rings is 2. The quantitative estimate of drug-likeness (QED) is 0.410. The van der Waals surface area contributed by atoms with Crippen LogP contribution in [0.2, 0.25) is 5.02 Å². The number of halogens is 4. The van der Waals surface area contributed by atoms with Crippen LogP contribution in [0.1, 0.15) is 33.2 Å². The zero-order chi connectivity index (χ0) is 29.1. The lowest BCUT2D eigenvalue weighted by molar-refractivity contribution is -0.140. The summed E-state index contributed by atoms with van der Waals surface area (Å²) in [5, 5.41) is 13.5. The summed E-state index contributed by atoms with van der Waals surface area (Å²) in [5.41, 5.74) is -0.125. The molecule has 208 valence electrons. The second kappa shape index (κ2) is 9.81. The van der Waals surface area contributed by atoms with E-state index in [4.69, 9.17) is 11.6 Å². The van der Waals surface area contributed by atoms with Gasteiger partial charge in [0.1, 0.15) is 17.6 Å². The summed E-state index contributed by atoms with van der Waals surface area (Å²) in [4.78, 5) is 54.3. The number of nitrogens with one attached hydrogen (secondary N) is 1. The fourth-order valence-corrected chi connectivity index (χ4v) is 5.65. The van der Waals surface area contributed by atoms with Gasteiger partial charge in [0.15, 0.2) is 5.78 Å². The van der Waals surface area contributed by atoms with Crippen LogP contribution >= 0.6 is 11.6 Å². The molecule has 2 N–H and O–H groups in total. The van der Waals surface area contributed by atoms with E-state index in [9.17, 15) is 32.7 Å². The average Bonchev–Trinajstić information content (AvgIpc) is 3.54. The van der Waals surface area contributed by atoms with Gasteiger partial charge < -0.3 is 10.4 Å². The molecule has 6 rings (SSSR count). The number of aliphatic imine (C=N–C) groups is 1. The number of aromatic nitrogens is 2. The standard InChI is InChI=1S/C28H19ClF3N5O4/c29-16-11-13(28(30,31)32)12-35-25(16)34-9-10-37-26(40)18-19(27(37)41)22(36-21(18)17-7-3-4-8-33-17)20-23(38)14-5-1-2-6-15(14)24(20)39/h1-8,11-12,18-19,21,38H,9-10H2,(H,34,35)/t18-,19-,21+/m0/s1. The zero-order valence-corrected chi connectivity index (χ0v) is 21.6. The highest BCUT2D eigenvalue weighted by Gasteiger charge is 2.59. The van der Waals surface area contributed by atoms with Crippen LogP contribution in [0.4, 0.5) is 19.0 Å². The molecule has 0 unspecified atom stereocenters. The number of hydrogen-bond acceptors (Lipinski definition) is 8. The first-order valence-corrected chi connectivity index (χ1v) is 12.8. The summed E-state index contributed by atoms with van der Waals surface area (Å²) in [7, 11) is 0. The molecule has 2 aromatic heterocycles. The predicted molar refractivity (Wildman–Crippen MR) is 141 cm³/mol. The van der Waals surface area contributed by atoms with Gasteiger partial charge in [-0.1, -0.05) is 41.9 Å². The van der Waals surface area contributed by atoms with E-state index in [1.165, 1.54) is 6.20 Å². The number of carbonyl (C=O) groups excluding carboxylic acids is 3. The Balaban J connectivity index is 1.29. The minimum atomic E-state index is -4.61. The van der Waals surface area contributed by atoms with Crippen molar-refractivity contribution in [1.29, 1.82) is 0 Å². The lowest BCUT2D eigenvalue weighted by Gasteiger charge is -2.18. The van der Waals surface area contributed by atoms with Crippen molar-refractivity contribution in [3.05, 3.63) is 93.9 Å². The normalized spacial score (nSPS) is 21.9. The molecule has 0 radical (unpaired) electrons. The molecule has 3 atom stereocenters. The number of nitrogens with zero attached hydrogens (tertiary/aromatic N) is 4. The molecule has 2 amide bonds. The van der Waals surface area contributed by atoms with E-state index in [0.717, 1.165) is 11.0 Å². The largest absolute Gasteiger partial charge is 0.506 e. The lowest BCUT2D eigenvalue weighted by atomic mass is 9.84. The summed E-state index contributed by atoms with van der Waals surface area (Å²) in [6.45, 7) is -0.223. The number of aliphatic hydroxyl groups excluding tert-OH is 1. The van der Waals surface area contributed by atoms with Crippen molar-refractivity contribution in [1.82, 2.24) is 14.9 Å². The first-order chi connectivity index (χ1) is 19.6. The molecule has 2 aliphatic heterocycles. The van der Waals surface area contributed by atoms with Crippen molar-refractivity contribution < 1.29 is 32.7 Å². The van der Waals surface area contributed by atoms with Crippen LogP contribution in [0.25, 0.3) is 5.76 Å². The van der Waals surface area contributed by atoms with Crippen molar-refractivity contribution in [2.45, 2.75) is 12.2 Å². The third-order valence-corrected chi connectivity index (χ3v) is 7.58. The highest BCUT2D eigenvalue weighted by Crippen LogP contribution is 2.48. The number of ketones is 1. The fraction of sp³-hybridized carbons (Fsp3) is 0.214. The highest BCUT2D eigenvalue weighted by molar-refractivity contribution is 6.40. The Morgan fingerprint density at radius 1 is 1.00 bits per heavy atom. The van der Waals surface area contributed by atoms with Gasteiger partial charge >= 0.3 is 6.18 Å². The van der Waals surface area contributed by atoms with Gasteiger partial charge in [0, 0.05) is 36.6 Å². The Hall–Kier alpha value is -4.58. The molecule has 1 saturated heterocycles. The number of carbonyl (C=O) groups is 3. The van der Waals surface area contributed by atoms with E-state index in [1.807, 2.05) is 0 Å². The Labute approximate surface area is 235 Å². The molecule has 41 heavy (non-hydrogen) atoms. The lowest BCUT2D eigenvalue weighted by Crippen LogP contribution is -2.37. The minimum Gasteiger partial charge on any atom is -0.506 e. The van der Waals surface area contributed by atoms with Crippen LogP contribution in [-0.4, -0.2) is 56.4 Å². The van der Waals surface area contributed by atoms with Gasteiger partial charge in [-0.2, -0.15) is 13.2 Å². The number of Topliss-reactive ketones (excluding diaryl/α,β-unsaturated/α-hetero) is 1. The van der Waals surface area contributed by atoms with Crippen molar-refractivity contribution in [3.63, 3.8) is 0 Å². The number of fused-ring (bicyclic) bond motifs is 2. The maximum atomic E-state index is 13.7. The Bertz CT molecular complexity index is 1670. The van der Waals surface area contributed by atoms with Crippen LogP contribution in [0.15, 0.2) is 71.5 Å². The number of hydrogen-bond donors (Lipinski definition) is 2. The third-order valence-electron chi connectivity index (χ3n) is 7.29. The molecule has 0 saturated carbocycles. The molecule has 0 spiro atoms. The SMILES string of the molecule is O=C1C(C2=N[C@H](c3ccccn3)[C@H]3C(=O)N(CCNc4ncc(C(F)(F)F)cc4Cl)C(=O)[C@H]23)=C(O)c2ccccc21. The summed E-state index contributed by atoms with van der Waals surface area (Å²) < 4.78 is 38.8. The van der Waals surface area contributed by atoms with E-state index in [2.05, 4.69) is 20.3 Å². The minimum absolute atomic E-state index is 0.0191. The first kappa shape index (κ1) is 26.6. The highest BCUT2D eigenvalue weighted by atomic mass is 35.5. The first-order valence-electron chi connectivity index (χ1n) is 12.5. The van der Waals surface area contributed by atoms with Crippen LogP contribution < -0.4 is 5.32 Å². The van der Waals surface area contributed by atoms with E-state index in [1.54, 1.807) is 42.5 Å². The summed E-state index contributed by atoms with van der Waals surface area (Å²) in [5.74, 6) is -4.17. The van der Waals surface area contributed by atoms with Gasteiger partial charge in [-0.25, -0.2) is 4.98 Å². The monoisotopic (exact) mass is 581 g/mol. The molecule has 3 aromatic rings. The van der Waals surface area contributed by atoms with E-state index in [-0.39, 0.29) is 46.5 Å². The number of rotatable bonds is 6. The number of anilines is 1. The number of imide groups is 1. The summed E-state index contributed by atoms with van der Waals surface area (Å²) in [6.07, 6.45) is -2.46. The zero-order valence-electron chi connectivity index (χ0n) is 20.9. The topological polar surface area (TPSA) is 125 Å². The molecule has 0 bridgehead atoms. The number of alkyl halides is 3. The Kier molecular flexibility index (Phi) is 6.37. The smallest absolute Gasteiger partial charge is 0.417 e. The molecule has 4 heterocycles. The fourth-order valence-electron chi connectivity index (χ4n) is 5.42. The van der Waals surface area contributed by atoms with Crippen molar-refractivity contribution in [3.8, 4) is 0 Å². The molecule has 1 aromatic carbocycles. The second-order valence-corrected chi connectivity index (χ2v) is 10.0. The molecule has 9 nitrogen and oxygen atoms in total. The van der Waals surface area contributed by atoms with Crippen LogP contribution in [0.3, 0.4) is 0 Å². The van der Waals surface area contributed by atoms with E-state index < -0.39 is 47.2 Å². The maximum Gasteiger partial charge on any atom is 0.417 e. The van der Waals surface area contributed by atoms with Crippen molar-refractivity contribution >= 4 is 46.5 Å². The molecule has 13 heteroatoms. The number of aliphatic hydroxyl groups is 1. The van der Waals surface area contributed by atoms with Crippen LogP contribution in [0.5, 0.6) is 0 Å². The molecular formula is C28H19ClF3N5O4. The van der Waals surface area contributed by atoms with Gasteiger partial charge in [0.05, 0.1) is 39.4 Å². The second-order valence-electron chi connectivity index (χ2n) is 9.62. The van der Waals surface area contributed by atoms with Crippen molar-refractivity contribution in [2.24, 2.45) is 16.8 Å². The number of amides is 2. The number of likely N-dealkylation sites (tertiary alicyclic amines) is 1. The van der Waals surface area contributed by atoms with E-state index in [0.29, 0.717) is 17.5 Å². The summed E-state index contributed by atoms with van der Waals surface area (Å²) >= 11 is 5.95. The Morgan fingerprint density at radius 2 is 1.73 bits per heavy atom.